The van der Waals surface area contributed by atoms with Crippen molar-refractivity contribution in [1.29, 1.82) is 0 Å². The second-order valence-electron chi connectivity index (χ2n) is 7.99. The van der Waals surface area contributed by atoms with Crippen LogP contribution in [0.5, 0.6) is 5.75 Å². The monoisotopic (exact) mass is 409 g/mol. The number of imide groups is 1. The second-order valence-corrected chi connectivity index (χ2v) is 7.99. The molecule has 0 saturated carbocycles. The summed E-state index contributed by atoms with van der Waals surface area (Å²) in [5, 5.41) is 0. The molecular weight excluding hydrogens is 386 g/mol. The number of rotatable bonds is 4. The number of allylic oxidation sites excluding steroid dienone is 2. The Balaban J connectivity index is 1.65. The predicted molar refractivity (Wildman–Crippen MR) is 120 cm³/mol. The van der Waals surface area contributed by atoms with Gasteiger partial charge in [-0.1, -0.05) is 84.9 Å². The maximum atomic E-state index is 13.8. The lowest BCUT2D eigenvalue weighted by molar-refractivity contribution is -0.122. The van der Waals surface area contributed by atoms with E-state index in [9.17, 15) is 9.59 Å². The van der Waals surface area contributed by atoms with Crippen LogP contribution in [0.3, 0.4) is 0 Å². The number of amides is 2. The maximum absolute atomic E-state index is 13.8. The maximum Gasteiger partial charge on any atom is 0.238 e. The summed E-state index contributed by atoms with van der Waals surface area (Å²) < 4.78 is 5.47. The van der Waals surface area contributed by atoms with Crippen molar-refractivity contribution in [3.05, 3.63) is 108 Å². The Morgan fingerprint density at radius 3 is 1.58 bits per heavy atom. The zero-order valence-corrected chi connectivity index (χ0v) is 17.2. The van der Waals surface area contributed by atoms with Gasteiger partial charge in [0.1, 0.15) is 5.75 Å². The van der Waals surface area contributed by atoms with E-state index in [1.54, 1.807) is 19.2 Å². The molecule has 3 aromatic rings. The Kier molecular flexibility index (Phi) is 4.91. The average molecular weight is 409 g/mol. The minimum Gasteiger partial charge on any atom is -0.495 e. The Labute approximate surface area is 181 Å². The quantitative estimate of drug-likeness (QED) is 0.453. The summed E-state index contributed by atoms with van der Waals surface area (Å²) in [6.45, 7) is 0. The zero-order valence-electron chi connectivity index (χ0n) is 17.2. The molecule has 4 nitrogen and oxygen atoms in total. The molecule has 4 atom stereocenters. The molecule has 0 spiro atoms. The predicted octanol–water partition coefficient (Wildman–Crippen LogP) is 4.94. The largest absolute Gasteiger partial charge is 0.495 e. The zero-order chi connectivity index (χ0) is 21.4. The highest BCUT2D eigenvalue weighted by Crippen LogP contribution is 2.51. The first-order valence-corrected chi connectivity index (χ1v) is 10.5. The lowest BCUT2D eigenvalue weighted by Crippen LogP contribution is -2.32. The van der Waals surface area contributed by atoms with Gasteiger partial charge < -0.3 is 4.74 Å². The first-order valence-electron chi connectivity index (χ1n) is 10.5. The molecule has 1 heterocycles. The van der Waals surface area contributed by atoms with Crippen molar-refractivity contribution in [2.45, 2.75) is 11.8 Å². The van der Waals surface area contributed by atoms with Crippen LogP contribution < -0.4 is 9.64 Å². The molecule has 0 radical (unpaired) electrons. The molecule has 0 N–H and O–H groups in total. The Bertz CT molecular complexity index is 1070. The Morgan fingerprint density at radius 2 is 1.10 bits per heavy atom. The number of carbonyl (C=O) groups excluding carboxylic acids is 2. The minimum absolute atomic E-state index is 0.151. The van der Waals surface area contributed by atoms with Crippen LogP contribution in [0.2, 0.25) is 0 Å². The van der Waals surface area contributed by atoms with Gasteiger partial charge in [-0.05, 0) is 23.3 Å². The third-order valence-corrected chi connectivity index (χ3v) is 6.39. The van der Waals surface area contributed by atoms with Crippen LogP contribution in [0, 0.1) is 11.8 Å². The highest BCUT2D eigenvalue weighted by molar-refractivity contribution is 6.23. The van der Waals surface area contributed by atoms with Crippen molar-refractivity contribution in [2.75, 3.05) is 12.0 Å². The van der Waals surface area contributed by atoms with Crippen LogP contribution in [0.15, 0.2) is 97.1 Å². The van der Waals surface area contributed by atoms with E-state index in [1.165, 1.54) is 4.90 Å². The summed E-state index contributed by atoms with van der Waals surface area (Å²) in [6, 6.07) is 27.1. The summed E-state index contributed by atoms with van der Waals surface area (Å²) >= 11 is 0. The fourth-order valence-electron chi connectivity index (χ4n) is 4.99. The summed E-state index contributed by atoms with van der Waals surface area (Å²) in [5.74, 6) is -1.05. The van der Waals surface area contributed by atoms with Crippen molar-refractivity contribution in [2.24, 2.45) is 11.8 Å². The van der Waals surface area contributed by atoms with E-state index in [4.69, 9.17) is 4.74 Å². The van der Waals surface area contributed by atoms with E-state index >= 15 is 0 Å². The van der Waals surface area contributed by atoms with Gasteiger partial charge in [0.25, 0.3) is 0 Å². The number of hydrogen-bond acceptors (Lipinski definition) is 3. The fraction of sp³-hybridized carbons (Fsp3) is 0.185. The molecule has 2 amide bonds. The Morgan fingerprint density at radius 1 is 0.645 bits per heavy atom. The van der Waals surface area contributed by atoms with E-state index in [0.717, 1.165) is 11.1 Å². The first kappa shape index (κ1) is 19.3. The fourth-order valence-corrected chi connectivity index (χ4v) is 4.99. The van der Waals surface area contributed by atoms with Crippen LogP contribution in [-0.4, -0.2) is 18.9 Å². The van der Waals surface area contributed by atoms with Crippen LogP contribution >= 0.6 is 0 Å². The number of benzene rings is 3. The highest BCUT2D eigenvalue weighted by atomic mass is 16.5. The van der Waals surface area contributed by atoms with Gasteiger partial charge in [0.2, 0.25) is 11.8 Å². The standard InChI is InChI=1S/C27H23NO3/c1-31-23-15-9-8-14-22(23)28-26(29)24-20(18-10-4-2-5-11-18)16-17-21(25(24)27(28)30)19-12-6-3-7-13-19/h2-17,20-21,24-25H,1H3/t20-,21-,24+,25+/m1/s1. The third kappa shape index (κ3) is 3.15. The van der Waals surface area contributed by atoms with E-state index in [2.05, 4.69) is 12.2 Å². The van der Waals surface area contributed by atoms with Gasteiger partial charge in [0.05, 0.1) is 24.6 Å². The molecule has 1 aliphatic heterocycles. The normalized spacial score (nSPS) is 24.9. The van der Waals surface area contributed by atoms with Crippen LogP contribution in [0.1, 0.15) is 23.0 Å². The van der Waals surface area contributed by atoms with Crippen LogP contribution in [0.4, 0.5) is 5.69 Å². The summed E-state index contributed by atoms with van der Waals surface area (Å²) in [5.41, 5.74) is 2.60. The molecule has 0 unspecified atom stereocenters. The number of fused-ring (bicyclic) bond motifs is 1. The number of methoxy groups -OCH3 is 1. The van der Waals surface area contributed by atoms with E-state index in [1.807, 2.05) is 72.8 Å². The molecule has 4 heteroatoms. The van der Waals surface area contributed by atoms with Crippen molar-refractivity contribution >= 4 is 17.5 Å². The molecule has 1 saturated heterocycles. The summed E-state index contributed by atoms with van der Waals surface area (Å²) in [4.78, 5) is 28.9. The molecule has 3 aromatic carbocycles. The van der Waals surface area contributed by atoms with Gasteiger partial charge in [0, 0.05) is 11.8 Å². The molecule has 1 fully saturated rings. The van der Waals surface area contributed by atoms with Crippen LogP contribution in [-0.2, 0) is 9.59 Å². The topological polar surface area (TPSA) is 46.6 Å². The van der Waals surface area contributed by atoms with Crippen LogP contribution in [0.25, 0.3) is 0 Å². The number of para-hydroxylation sites is 2. The molecule has 154 valence electrons. The van der Waals surface area contributed by atoms with Gasteiger partial charge in [-0.25, -0.2) is 4.90 Å². The molecule has 31 heavy (non-hydrogen) atoms. The molecule has 2 aliphatic rings. The molecule has 0 aromatic heterocycles. The number of hydrogen-bond donors (Lipinski definition) is 0. The molecule has 5 rings (SSSR count). The number of carbonyl (C=O) groups is 2. The van der Waals surface area contributed by atoms with Crippen molar-refractivity contribution in [1.82, 2.24) is 0 Å². The molecular formula is C27H23NO3. The average Bonchev–Trinajstić information content (AvgIpc) is 3.10. The van der Waals surface area contributed by atoms with E-state index in [0.29, 0.717) is 11.4 Å². The van der Waals surface area contributed by atoms with Gasteiger partial charge in [0.15, 0.2) is 0 Å². The van der Waals surface area contributed by atoms with Gasteiger partial charge in [-0.15, -0.1) is 0 Å². The second kappa shape index (κ2) is 7.88. The summed E-state index contributed by atoms with van der Waals surface area (Å²) in [7, 11) is 1.55. The lowest BCUT2D eigenvalue weighted by atomic mass is 9.68. The summed E-state index contributed by atoms with van der Waals surface area (Å²) in [6.07, 6.45) is 4.20. The molecule has 1 aliphatic carbocycles. The number of ether oxygens (including phenoxy) is 1. The highest BCUT2D eigenvalue weighted by Gasteiger charge is 2.55. The number of nitrogens with zero attached hydrogens (tertiary/aromatic N) is 1. The minimum atomic E-state index is -0.463. The number of anilines is 1. The van der Waals surface area contributed by atoms with Gasteiger partial charge in [-0.3, -0.25) is 9.59 Å². The Hall–Kier alpha value is -3.66. The lowest BCUT2D eigenvalue weighted by Gasteiger charge is -2.32. The van der Waals surface area contributed by atoms with Gasteiger partial charge in [-0.2, -0.15) is 0 Å². The smallest absolute Gasteiger partial charge is 0.238 e. The van der Waals surface area contributed by atoms with Crippen molar-refractivity contribution in [3.8, 4) is 5.75 Å². The van der Waals surface area contributed by atoms with Crippen molar-refractivity contribution in [3.63, 3.8) is 0 Å². The van der Waals surface area contributed by atoms with E-state index < -0.39 is 11.8 Å². The van der Waals surface area contributed by atoms with Crippen molar-refractivity contribution < 1.29 is 14.3 Å². The molecule has 0 bridgehead atoms. The third-order valence-electron chi connectivity index (χ3n) is 6.39. The van der Waals surface area contributed by atoms with E-state index in [-0.39, 0.29) is 23.7 Å². The van der Waals surface area contributed by atoms with Gasteiger partial charge >= 0.3 is 0 Å². The first-order chi connectivity index (χ1) is 15.2. The SMILES string of the molecule is COc1ccccc1N1C(=O)[C@@H]2[C@@H](C1=O)[C@@H](c1ccccc1)C=C[C@@H]2c1ccccc1.